The number of carbonyl (C=O) groups is 3. The van der Waals surface area contributed by atoms with Gasteiger partial charge in [-0.25, -0.2) is 19.4 Å². The number of carbonyl (C=O) groups excluding carboxylic acids is 3. The van der Waals surface area contributed by atoms with E-state index in [2.05, 4.69) is 21.0 Å². The van der Waals surface area contributed by atoms with Crippen molar-refractivity contribution in [2.45, 2.75) is 19.6 Å². The van der Waals surface area contributed by atoms with Crippen molar-refractivity contribution < 1.29 is 23.5 Å². The maximum atomic E-state index is 15.0. The van der Waals surface area contributed by atoms with Crippen LogP contribution in [0, 0.1) is 5.82 Å². The second-order valence-electron chi connectivity index (χ2n) is 7.86. The van der Waals surface area contributed by atoms with E-state index in [0.29, 0.717) is 44.1 Å². The standard InChI is InChI=1S/C21H26FN7O4S/c1-14(30)24-9-16-12-28(21(32)33-16)15-2-3-19(18(22)8-15)27-5-4-26-29(7-6-27)20(31)25-11-17-10-23-13-34-17/h2-3,8,10,13,16,26H,4-7,9,11-12H2,1H3,(H,24,30)(H,25,31)/t16-/m0/s1. The average molecular weight is 492 g/mol. The fourth-order valence-corrected chi connectivity index (χ4v) is 4.28. The number of cyclic esters (lactones) is 1. The molecule has 3 N–H and O–H groups in total. The van der Waals surface area contributed by atoms with E-state index in [9.17, 15) is 14.4 Å². The molecule has 2 aliphatic rings. The summed E-state index contributed by atoms with van der Waals surface area (Å²) in [5, 5.41) is 6.94. The van der Waals surface area contributed by atoms with Gasteiger partial charge in [-0.1, -0.05) is 0 Å². The van der Waals surface area contributed by atoms with Crippen LogP contribution in [-0.2, 0) is 16.1 Å². The minimum absolute atomic E-state index is 0.202. The maximum Gasteiger partial charge on any atom is 0.414 e. The van der Waals surface area contributed by atoms with E-state index in [0.717, 1.165) is 4.88 Å². The molecule has 13 heteroatoms. The lowest BCUT2D eigenvalue weighted by Gasteiger charge is -2.24. The van der Waals surface area contributed by atoms with Gasteiger partial charge in [0, 0.05) is 37.6 Å². The van der Waals surface area contributed by atoms with Gasteiger partial charge in [0.15, 0.2) is 0 Å². The van der Waals surface area contributed by atoms with E-state index in [1.165, 1.54) is 34.2 Å². The van der Waals surface area contributed by atoms with Crippen LogP contribution in [0.1, 0.15) is 11.8 Å². The number of nitrogens with zero attached hydrogens (tertiary/aromatic N) is 4. The van der Waals surface area contributed by atoms with Crippen LogP contribution in [0.15, 0.2) is 29.9 Å². The second-order valence-corrected chi connectivity index (χ2v) is 8.83. The summed E-state index contributed by atoms with van der Waals surface area (Å²) < 4.78 is 20.3. The summed E-state index contributed by atoms with van der Waals surface area (Å²) in [5.41, 5.74) is 5.54. The highest BCUT2D eigenvalue weighted by atomic mass is 32.1. The number of urea groups is 1. The molecule has 2 aromatic rings. The van der Waals surface area contributed by atoms with Gasteiger partial charge in [0.2, 0.25) is 5.91 Å². The molecule has 34 heavy (non-hydrogen) atoms. The highest BCUT2D eigenvalue weighted by Crippen LogP contribution is 2.28. The number of anilines is 2. The summed E-state index contributed by atoms with van der Waals surface area (Å²) in [6.07, 6.45) is 0.630. The van der Waals surface area contributed by atoms with E-state index in [1.54, 1.807) is 23.8 Å². The molecule has 0 aliphatic carbocycles. The molecule has 0 radical (unpaired) electrons. The lowest BCUT2D eigenvalue weighted by atomic mass is 10.2. The monoisotopic (exact) mass is 491 g/mol. The van der Waals surface area contributed by atoms with Gasteiger partial charge in [0.05, 0.1) is 43.1 Å². The van der Waals surface area contributed by atoms with Gasteiger partial charge in [-0.15, -0.1) is 11.3 Å². The van der Waals surface area contributed by atoms with E-state index >= 15 is 4.39 Å². The zero-order chi connectivity index (χ0) is 24.1. The Kier molecular flexibility index (Phi) is 7.43. The number of aromatic nitrogens is 1. The Morgan fingerprint density at radius 1 is 1.29 bits per heavy atom. The van der Waals surface area contributed by atoms with Gasteiger partial charge in [-0.3, -0.25) is 19.7 Å². The Balaban J connectivity index is 1.34. The van der Waals surface area contributed by atoms with Crippen molar-refractivity contribution in [2.75, 3.05) is 49.1 Å². The third kappa shape index (κ3) is 5.72. The predicted molar refractivity (Wildman–Crippen MR) is 124 cm³/mol. The predicted octanol–water partition coefficient (Wildman–Crippen LogP) is 1.28. The molecule has 1 atom stereocenters. The molecule has 2 saturated heterocycles. The van der Waals surface area contributed by atoms with Crippen LogP contribution in [0.25, 0.3) is 0 Å². The van der Waals surface area contributed by atoms with Gasteiger partial charge >= 0.3 is 12.1 Å². The van der Waals surface area contributed by atoms with Crippen molar-refractivity contribution in [3.8, 4) is 0 Å². The molecule has 1 aromatic carbocycles. The Morgan fingerprint density at radius 2 is 2.15 bits per heavy atom. The van der Waals surface area contributed by atoms with Crippen molar-refractivity contribution in [2.24, 2.45) is 0 Å². The molecule has 0 saturated carbocycles. The van der Waals surface area contributed by atoms with Crippen LogP contribution < -0.4 is 25.9 Å². The largest absolute Gasteiger partial charge is 0.442 e. The summed E-state index contributed by atoms with van der Waals surface area (Å²) in [6, 6.07) is 4.33. The number of hydrogen-bond acceptors (Lipinski definition) is 8. The molecule has 0 unspecified atom stereocenters. The number of nitrogens with one attached hydrogen (secondary N) is 3. The third-order valence-electron chi connectivity index (χ3n) is 5.46. The van der Waals surface area contributed by atoms with Gasteiger partial charge in [0.25, 0.3) is 0 Å². The fourth-order valence-electron chi connectivity index (χ4n) is 3.75. The Bertz CT molecular complexity index is 1040. The normalized spacial score (nSPS) is 18.5. The molecule has 0 bridgehead atoms. The summed E-state index contributed by atoms with van der Waals surface area (Å²) in [5.74, 6) is -0.689. The van der Waals surface area contributed by atoms with E-state index in [-0.39, 0.29) is 25.0 Å². The lowest BCUT2D eigenvalue weighted by molar-refractivity contribution is -0.119. The fraction of sp³-hybridized carbons (Fsp3) is 0.429. The first kappa shape index (κ1) is 23.7. The lowest BCUT2D eigenvalue weighted by Crippen LogP contribution is -2.48. The van der Waals surface area contributed by atoms with Gasteiger partial charge in [-0.2, -0.15) is 0 Å². The third-order valence-corrected chi connectivity index (χ3v) is 6.24. The molecule has 3 heterocycles. The molecular formula is C21H26FN7O4S. The van der Waals surface area contributed by atoms with Crippen LogP contribution >= 0.6 is 11.3 Å². The summed E-state index contributed by atoms with van der Waals surface area (Å²) in [7, 11) is 0. The van der Waals surface area contributed by atoms with Crippen molar-refractivity contribution >= 4 is 40.7 Å². The van der Waals surface area contributed by atoms with Crippen molar-refractivity contribution in [3.05, 3.63) is 40.6 Å². The van der Waals surface area contributed by atoms with Crippen LogP contribution in [-0.4, -0.2) is 73.4 Å². The van der Waals surface area contributed by atoms with Gasteiger partial charge in [-0.05, 0) is 18.2 Å². The molecular weight excluding hydrogens is 465 g/mol. The number of hydrazine groups is 1. The molecule has 2 fully saturated rings. The smallest absolute Gasteiger partial charge is 0.414 e. The van der Waals surface area contributed by atoms with Crippen molar-refractivity contribution in [1.82, 2.24) is 26.1 Å². The number of thiazole rings is 1. The SMILES string of the molecule is CC(=O)NC[C@H]1CN(c2ccc(N3CCNN(C(=O)NCc4cncs4)CC3)c(F)c2)C(=O)O1. The summed E-state index contributed by atoms with van der Waals surface area (Å²) >= 11 is 1.47. The van der Waals surface area contributed by atoms with Crippen LogP contribution in [0.4, 0.5) is 25.4 Å². The number of ether oxygens (including phenoxy) is 1. The van der Waals surface area contributed by atoms with E-state index in [4.69, 9.17) is 4.74 Å². The number of hydrogen-bond donors (Lipinski definition) is 3. The molecule has 4 amide bonds. The average Bonchev–Trinajstić information content (AvgIpc) is 3.39. The van der Waals surface area contributed by atoms with Gasteiger partial charge in [0.1, 0.15) is 11.9 Å². The second kappa shape index (κ2) is 10.7. The number of rotatable bonds is 6. The van der Waals surface area contributed by atoms with Gasteiger partial charge < -0.3 is 20.3 Å². The Morgan fingerprint density at radius 3 is 2.88 bits per heavy atom. The van der Waals surface area contributed by atoms with Crippen LogP contribution in [0.3, 0.4) is 0 Å². The minimum Gasteiger partial charge on any atom is -0.442 e. The maximum absolute atomic E-state index is 15.0. The zero-order valence-corrected chi connectivity index (χ0v) is 19.4. The van der Waals surface area contributed by atoms with Crippen molar-refractivity contribution in [1.29, 1.82) is 0 Å². The highest BCUT2D eigenvalue weighted by Gasteiger charge is 2.33. The minimum atomic E-state index is -0.582. The highest BCUT2D eigenvalue weighted by molar-refractivity contribution is 7.09. The molecule has 2 aliphatic heterocycles. The van der Waals surface area contributed by atoms with Crippen molar-refractivity contribution in [3.63, 3.8) is 0 Å². The van der Waals surface area contributed by atoms with Crippen LogP contribution in [0.5, 0.6) is 0 Å². The number of benzene rings is 1. The molecule has 1 aromatic heterocycles. The quantitative estimate of drug-likeness (QED) is 0.557. The number of amides is 4. The summed E-state index contributed by atoms with van der Waals surface area (Å²) in [6.45, 7) is 3.95. The molecule has 0 spiro atoms. The summed E-state index contributed by atoms with van der Waals surface area (Å²) in [4.78, 5) is 43.9. The number of halogens is 1. The topological polar surface area (TPSA) is 119 Å². The Labute approximate surface area is 199 Å². The molecule has 182 valence electrons. The Hall–Kier alpha value is -3.45. The van der Waals surface area contributed by atoms with E-state index < -0.39 is 18.0 Å². The first-order valence-electron chi connectivity index (χ1n) is 10.8. The molecule has 11 nitrogen and oxygen atoms in total. The van der Waals surface area contributed by atoms with E-state index in [1.807, 2.05) is 4.90 Å². The zero-order valence-electron chi connectivity index (χ0n) is 18.6. The molecule has 4 rings (SSSR count). The first-order chi connectivity index (χ1) is 16.4. The van der Waals surface area contributed by atoms with Crippen LogP contribution in [0.2, 0.25) is 0 Å². The first-order valence-corrected chi connectivity index (χ1v) is 11.7.